The third-order valence-electron chi connectivity index (χ3n) is 3.73. The molecule has 0 aliphatic heterocycles. The van der Waals surface area contributed by atoms with Crippen molar-refractivity contribution in [3.63, 3.8) is 0 Å². The van der Waals surface area contributed by atoms with E-state index >= 15 is 0 Å². The van der Waals surface area contributed by atoms with Gasteiger partial charge in [-0.15, -0.1) is 0 Å². The molecule has 0 N–H and O–H groups in total. The molecule has 21 heavy (non-hydrogen) atoms. The zero-order valence-corrected chi connectivity index (χ0v) is 13.7. The van der Waals surface area contributed by atoms with Gasteiger partial charge in [0.1, 0.15) is 5.60 Å². The summed E-state index contributed by atoms with van der Waals surface area (Å²) in [5.41, 5.74) is -0.494. The molecule has 1 aromatic rings. The Morgan fingerprint density at radius 1 is 1.52 bits per heavy atom. The number of ether oxygens (including phenoxy) is 1. The molecule has 1 aliphatic carbocycles. The molecule has 6 heteroatoms. The summed E-state index contributed by atoms with van der Waals surface area (Å²) in [4.78, 5) is 18.0. The molecular formula is C15H25N3O3. The third kappa shape index (κ3) is 4.19. The average Bonchev–Trinajstić information content (AvgIpc) is 2.90. The normalized spacial score (nSPS) is 22.8. The van der Waals surface area contributed by atoms with Gasteiger partial charge in [0, 0.05) is 25.4 Å². The topological polar surface area (TPSA) is 68.5 Å². The molecule has 0 saturated heterocycles. The minimum Gasteiger partial charge on any atom is -0.444 e. The molecular weight excluding hydrogens is 270 g/mol. The predicted octanol–water partition coefficient (Wildman–Crippen LogP) is 2.99. The Hall–Kier alpha value is -1.59. The number of hydrogen-bond acceptors (Lipinski definition) is 5. The first-order valence-electron chi connectivity index (χ1n) is 7.45. The lowest BCUT2D eigenvalue weighted by Gasteiger charge is -2.28. The smallest absolute Gasteiger partial charge is 0.410 e. The molecule has 2 rings (SSSR count). The average molecular weight is 295 g/mol. The summed E-state index contributed by atoms with van der Waals surface area (Å²) in [6.45, 7) is 9.68. The maximum absolute atomic E-state index is 12.0. The van der Waals surface area contributed by atoms with Crippen molar-refractivity contribution in [1.82, 2.24) is 15.0 Å². The van der Waals surface area contributed by atoms with Crippen LogP contribution in [0.5, 0.6) is 0 Å². The van der Waals surface area contributed by atoms with Crippen molar-refractivity contribution < 1.29 is 14.1 Å². The van der Waals surface area contributed by atoms with E-state index in [2.05, 4.69) is 17.1 Å². The second-order valence-corrected chi connectivity index (χ2v) is 7.01. The highest BCUT2D eigenvalue weighted by Crippen LogP contribution is 2.45. The van der Waals surface area contributed by atoms with Crippen molar-refractivity contribution in [2.45, 2.75) is 65.0 Å². The van der Waals surface area contributed by atoms with Gasteiger partial charge in [0.2, 0.25) is 5.89 Å². The van der Waals surface area contributed by atoms with E-state index in [4.69, 9.17) is 9.26 Å². The summed E-state index contributed by atoms with van der Waals surface area (Å²) in [6.07, 6.45) is 1.34. The van der Waals surface area contributed by atoms with E-state index in [1.165, 1.54) is 0 Å². The lowest BCUT2D eigenvalue weighted by Crippen LogP contribution is -2.40. The molecule has 1 heterocycles. The number of nitrogens with zero attached hydrogens (tertiary/aromatic N) is 3. The van der Waals surface area contributed by atoms with Crippen LogP contribution in [0.3, 0.4) is 0 Å². The van der Waals surface area contributed by atoms with Gasteiger partial charge in [0.05, 0.1) is 0 Å². The largest absolute Gasteiger partial charge is 0.444 e. The second-order valence-electron chi connectivity index (χ2n) is 7.01. The molecule has 3 atom stereocenters. The SMILES string of the molecule is C[C@@H]1C[C@@H]1c1nc(C[C@H](C)N(C)C(=O)OC(C)(C)C)no1. The van der Waals surface area contributed by atoms with E-state index in [-0.39, 0.29) is 12.1 Å². The van der Waals surface area contributed by atoms with Crippen LogP contribution in [0.2, 0.25) is 0 Å². The summed E-state index contributed by atoms with van der Waals surface area (Å²) in [5, 5.41) is 4.00. The van der Waals surface area contributed by atoms with E-state index in [9.17, 15) is 4.79 Å². The Balaban J connectivity index is 1.89. The number of carbonyl (C=O) groups excluding carboxylic acids is 1. The van der Waals surface area contributed by atoms with Gasteiger partial charge in [-0.3, -0.25) is 0 Å². The molecule has 0 bridgehead atoms. The molecule has 1 aliphatic rings. The van der Waals surface area contributed by atoms with Crippen molar-refractivity contribution in [2.24, 2.45) is 5.92 Å². The molecule has 1 aromatic heterocycles. The van der Waals surface area contributed by atoms with Crippen molar-refractivity contribution in [3.05, 3.63) is 11.7 Å². The van der Waals surface area contributed by atoms with Crippen LogP contribution in [0.1, 0.15) is 58.7 Å². The summed E-state index contributed by atoms with van der Waals surface area (Å²) < 4.78 is 10.6. The Bertz CT molecular complexity index is 507. The number of carbonyl (C=O) groups is 1. The highest BCUT2D eigenvalue weighted by molar-refractivity contribution is 5.68. The first-order chi connectivity index (χ1) is 9.67. The Labute approximate surface area is 125 Å². The first kappa shape index (κ1) is 15.8. The minimum atomic E-state index is -0.494. The zero-order valence-electron chi connectivity index (χ0n) is 13.7. The number of likely N-dealkylation sites (N-methyl/N-ethyl adjacent to an activating group) is 1. The molecule has 118 valence electrons. The fraction of sp³-hybridized carbons (Fsp3) is 0.800. The molecule has 0 spiro atoms. The summed E-state index contributed by atoms with van der Waals surface area (Å²) in [5.74, 6) is 2.43. The van der Waals surface area contributed by atoms with E-state index < -0.39 is 5.60 Å². The van der Waals surface area contributed by atoms with E-state index in [0.717, 1.165) is 12.3 Å². The Morgan fingerprint density at radius 2 is 2.14 bits per heavy atom. The molecule has 0 aromatic carbocycles. The lowest BCUT2D eigenvalue weighted by molar-refractivity contribution is 0.0234. The van der Waals surface area contributed by atoms with Crippen LogP contribution in [0.25, 0.3) is 0 Å². The van der Waals surface area contributed by atoms with Crippen LogP contribution in [0, 0.1) is 5.92 Å². The minimum absolute atomic E-state index is 0.0538. The van der Waals surface area contributed by atoms with Gasteiger partial charge in [0.25, 0.3) is 0 Å². The predicted molar refractivity (Wildman–Crippen MR) is 78.0 cm³/mol. The van der Waals surface area contributed by atoms with Gasteiger partial charge in [-0.1, -0.05) is 12.1 Å². The number of hydrogen-bond donors (Lipinski definition) is 0. The van der Waals surface area contributed by atoms with Crippen LogP contribution >= 0.6 is 0 Å². The van der Waals surface area contributed by atoms with Crippen LogP contribution in [0.4, 0.5) is 4.79 Å². The molecule has 1 saturated carbocycles. The number of amides is 1. The lowest BCUT2D eigenvalue weighted by atomic mass is 10.2. The maximum Gasteiger partial charge on any atom is 0.410 e. The van der Waals surface area contributed by atoms with Crippen LogP contribution < -0.4 is 0 Å². The number of rotatable bonds is 4. The van der Waals surface area contributed by atoms with Gasteiger partial charge in [-0.25, -0.2) is 4.79 Å². The standard InChI is InChI=1S/C15H25N3O3/c1-9-7-11(9)13-16-12(17-21-13)8-10(2)18(6)14(19)20-15(3,4)5/h9-11H,7-8H2,1-6H3/t9-,10+,11+/m1/s1. The van der Waals surface area contributed by atoms with Crippen molar-refractivity contribution >= 4 is 6.09 Å². The summed E-state index contributed by atoms with van der Waals surface area (Å²) in [7, 11) is 1.72. The third-order valence-corrected chi connectivity index (χ3v) is 3.73. The quantitative estimate of drug-likeness (QED) is 0.854. The number of aromatic nitrogens is 2. The Morgan fingerprint density at radius 3 is 2.67 bits per heavy atom. The zero-order chi connectivity index (χ0) is 15.8. The van der Waals surface area contributed by atoms with Gasteiger partial charge in [-0.05, 0) is 40.0 Å². The van der Waals surface area contributed by atoms with Gasteiger partial charge in [-0.2, -0.15) is 4.98 Å². The van der Waals surface area contributed by atoms with Crippen molar-refractivity contribution in [1.29, 1.82) is 0 Å². The van der Waals surface area contributed by atoms with Gasteiger partial charge in [0.15, 0.2) is 5.82 Å². The fourth-order valence-electron chi connectivity index (χ4n) is 2.08. The van der Waals surface area contributed by atoms with Gasteiger partial charge < -0.3 is 14.2 Å². The Kier molecular flexibility index (Phi) is 4.25. The summed E-state index contributed by atoms with van der Waals surface area (Å²) >= 11 is 0. The van der Waals surface area contributed by atoms with E-state index in [0.29, 0.717) is 24.1 Å². The molecule has 1 amide bonds. The second kappa shape index (κ2) is 5.66. The van der Waals surface area contributed by atoms with Gasteiger partial charge >= 0.3 is 6.09 Å². The fourth-order valence-corrected chi connectivity index (χ4v) is 2.08. The molecule has 0 unspecified atom stereocenters. The molecule has 1 fully saturated rings. The molecule has 6 nitrogen and oxygen atoms in total. The first-order valence-corrected chi connectivity index (χ1v) is 7.45. The van der Waals surface area contributed by atoms with E-state index in [1.54, 1.807) is 11.9 Å². The van der Waals surface area contributed by atoms with Crippen LogP contribution in [0.15, 0.2) is 4.52 Å². The monoisotopic (exact) mass is 295 g/mol. The van der Waals surface area contributed by atoms with E-state index in [1.807, 2.05) is 27.7 Å². The maximum atomic E-state index is 12.0. The highest BCUT2D eigenvalue weighted by atomic mass is 16.6. The highest BCUT2D eigenvalue weighted by Gasteiger charge is 2.39. The van der Waals surface area contributed by atoms with Crippen LogP contribution in [-0.2, 0) is 11.2 Å². The van der Waals surface area contributed by atoms with Crippen molar-refractivity contribution in [3.8, 4) is 0 Å². The van der Waals surface area contributed by atoms with Crippen molar-refractivity contribution in [2.75, 3.05) is 7.05 Å². The molecule has 0 radical (unpaired) electrons. The summed E-state index contributed by atoms with van der Waals surface area (Å²) in [6, 6.07) is -0.0538. The van der Waals surface area contributed by atoms with Crippen LogP contribution in [-0.4, -0.2) is 39.8 Å².